The zero-order valence-electron chi connectivity index (χ0n) is 6.55. The first-order chi connectivity index (χ1) is 5.74. The number of nitrogens with one attached hydrogen (secondary N) is 1. The van der Waals surface area contributed by atoms with E-state index in [0.717, 1.165) is 5.69 Å². The average Bonchev–Trinajstić information content (AvgIpc) is 2.07. The van der Waals surface area contributed by atoms with E-state index in [1.807, 2.05) is 6.07 Å². The smallest absolute Gasteiger partial charge is 0.0636 e. The highest BCUT2D eigenvalue weighted by atomic mass is 35.5. The number of rotatable bonds is 3. The fourth-order valence-electron chi connectivity index (χ4n) is 0.854. The molecule has 0 saturated heterocycles. The summed E-state index contributed by atoms with van der Waals surface area (Å²) >= 11 is 5.71. The van der Waals surface area contributed by atoms with E-state index in [0.29, 0.717) is 17.3 Å². The summed E-state index contributed by atoms with van der Waals surface area (Å²) in [5.74, 6) is 0. The second-order valence-corrected chi connectivity index (χ2v) is 2.79. The minimum absolute atomic E-state index is 0.0997. The van der Waals surface area contributed by atoms with E-state index in [4.69, 9.17) is 22.4 Å². The van der Waals surface area contributed by atoms with Gasteiger partial charge in [0.2, 0.25) is 0 Å². The van der Waals surface area contributed by atoms with Gasteiger partial charge in [0.25, 0.3) is 0 Å². The summed E-state index contributed by atoms with van der Waals surface area (Å²) in [5.41, 5.74) is 6.97. The van der Waals surface area contributed by atoms with Crippen LogP contribution in [0.25, 0.3) is 0 Å². The van der Waals surface area contributed by atoms with E-state index in [1.165, 1.54) is 0 Å². The van der Waals surface area contributed by atoms with Crippen LogP contribution in [0.3, 0.4) is 0 Å². The number of nitrogen functional groups attached to an aromatic ring is 1. The van der Waals surface area contributed by atoms with Crippen LogP contribution in [0.5, 0.6) is 0 Å². The first-order valence-corrected chi connectivity index (χ1v) is 4.01. The lowest BCUT2D eigenvalue weighted by atomic mass is 10.3. The van der Waals surface area contributed by atoms with Crippen LogP contribution in [0.15, 0.2) is 18.2 Å². The molecule has 0 aliphatic heterocycles. The SMILES string of the molecule is Nc1cc(NCCO)ccc1Cl. The molecule has 66 valence electrons. The van der Waals surface area contributed by atoms with E-state index in [2.05, 4.69) is 5.32 Å². The summed E-state index contributed by atoms with van der Waals surface area (Å²) in [6.07, 6.45) is 0. The number of aliphatic hydroxyl groups excluding tert-OH is 1. The molecule has 0 atom stereocenters. The van der Waals surface area contributed by atoms with Crippen LogP contribution in [-0.2, 0) is 0 Å². The zero-order chi connectivity index (χ0) is 8.97. The quantitative estimate of drug-likeness (QED) is 0.625. The van der Waals surface area contributed by atoms with E-state index in [1.54, 1.807) is 12.1 Å². The van der Waals surface area contributed by atoms with Gasteiger partial charge in [-0.15, -0.1) is 0 Å². The van der Waals surface area contributed by atoms with Crippen molar-refractivity contribution in [1.29, 1.82) is 0 Å². The summed E-state index contributed by atoms with van der Waals surface area (Å²) in [6, 6.07) is 5.27. The monoisotopic (exact) mass is 186 g/mol. The van der Waals surface area contributed by atoms with Crippen molar-refractivity contribution >= 4 is 23.0 Å². The lowest BCUT2D eigenvalue weighted by Crippen LogP contribution is -2.05. The van der Waals surface area contributed by atoms with Crippen LogP contribution in [0.4, 0.5) is 11.4 Å². The molecule has 0 amide bonds. The van der Waals surface area contributed by atoms with Crippen molar-refractivity contribution in [2.24, 2.45) is 0 Å². The Kier molecular flexibility index (Phi) is 3.19. The molecule has 0 bridgehead atoms. The fourth-order valence-corrected chi connectivity index (χ4v) is 0.971. The second kappa shape index (κ2) is 4.18. The van der Waals surface area contributed by atoms with Crippen LogP contribution < -0.4 is 11.1 Å². The van der Waals surface area contributed by atoms with Crippen LogP contribution in [0.1, 0.15) is 0 Å². The Morgan fingerprint density at radius 2 is 2.25 bits per heavy atom. The third-order valence-electron chi connectivity index (χ3n) is 1.44. The molecule has 0 saturated carbocycles. The van der Waals surface area contributed by atoms with Crippen LogP contribution in [0.2, 0.25) is 5.02 Å². The predicted molar refractivity (Wildman–Crippen MR) is 51.4 cm³/mol. The molecule has 1 rings (SSSR count). The van der Waals surface area contributed by atoms with E-state index >= 15 is 0 Å². The lowest BCUT2D eigenvalue weighted by molar-refractivity contribution is 0.311. The number of nitrogens with two attached hydrogens (primary N) is 1. The Balaban J connectivity index is 2.69. The largest absolute Gasteiger partial charge is 0.397 e. The second-order valence-electron chi connectivity index (χ2n) is 2.39. The van der Waals surface area contributed by atoms with Gasteiger partial charge in [-0.05, 0) is 18.2 Å². The molecule has 0 unspecified atom stereocenters. The van der Waals surface area contributed by atoms with Crippen molar-refractivity contribution in [2.75, 3.05) is 24.2 Å². The Bertz CT molecular complexity index is 265. The van der Waals surface area contributed by atoms with Gasteiger partial charge >= 0.3 is 0 Å². The molecule has 0 spiro atoms. The predicted octanol–water partition coefficient (Wildman–Crippen LogP) is 1.33. The molecule has 4 N–H and O–H groups in total. The Labute approximate surface area is 76.1 Å². The molecule has 12 heavy (non-hydrogen) atoms. The standard InChI is InChI=1S/C8H11ClN2O/c9-7-2-1-6(5-8(7)10)11-3-4-12/h1-2,5,11-12H,3-4,10H2. The number of hydrogen-bond acceptors (Lipinski definition) is 3. The molecule has 0 aliphatic carbocycles. The number of aliphatic hydroxyl groups is 1. The normalized spacial score (nSPS) is 9.83. The molecular formula is C8H11ClN2O. The molecular weight excluding hydrogens is 176 g/mol. The van der Waals surface area contributed by atoms with Crippen LogP contribution in [-0.4, -0.2) is 18.3 Å². The number of benzene rings is 1. The minimum atomic E-state index is 0.0997. The van der Waals surface area contributed by atoms with Gasteiger partial charge in [-0.1, -0.05) is 11.6 Å². The maximum absolute atomic E-state index is 8.53. The molecule has 4 heteroatoms. The summed E-state index contributed by atoms with van der Waals surface area (Å²) in [6.45, 7) is 0.615. The summed E-state index contributed by atoms with van der Waals surface area (Å²) in [7, 11) is 0. The molecule has 0 fully saturated rings. The van der Waals surface area contributed by atoms with Gasteiger partial charge in [0.15, 0.2) is 0 Å². The average molecular weight is 187 g/mol. The van der Waals surface area contributed by atoms with Gasteiger partial charge < -0.3 is 16.2 Å². The van der Waals surface area contributed by atoms with Gasteiger partial charge in [0.05, 0.1) is 17.3 Å². The third-order valence-corrected chi connectivity index (χ3v) is 1.78. The highest BCUT2D eigenvalue weighted by Gasteiger charge is 1.96. The first-order valence-electron chi connectivity index (χ1n) is 3.64. The molecule has 1 aromatic carbocycles. The van der Waals surface area contributed by atoms with Crippen molar-refractivity contribution in [2.45, 2.75) is 0 Å². The molecule has 0 aromatic heterocycles. The topological polar surface area (TPSA) is 58.3 Å². The minimum Gasteiger partial charge on any atom is -0.397 e. The van der Waals surface area contributed by atoms with Gasteiger partial charge in [-0.25, -0.2) is 0 Å². The maximum Gasteiger partial charge on any atom is 0.0636 e. The van der Waals surface area contributed by atoms with Gasteiger partial charge in [0, 0.05) is 12.2 Å². The molecule has 0 heterocycles. The highest BCUT2D eigenvalue weighted by Crippen LogP contribution is 2.21. The Morgan fingerprint density at radius 3 is 2.83 bits per heavy atom. The van der Waals surface area contributed by atoms with Crippen molar-refractivity contribution in [3.63, 3.8) is 0 Å². The molecule has 3 nitrogen and oxygen atoms in total. The number of hydrogen-bond donors (Lipinski definition) is 3. The van der Waals surface area contributed by atoms with E-state index in [9.17, 15) is 0 Å². The summed E-state index contributed by atoms with van der Waals surface area (Å²) in [4.78, 5) is 0. The van der Waals surface area contributed by atoms with Gasteiger partial charge in [-0.2, -0.15) is 0 Å². The van der Waals surface area contributed by atoms with Gasteiger partial charge in [0.1, 0.15) is 0 Å². The Morgan fingerprint density at radius 1 is 1.50 bits per heavy atom. The highest BCUT2D eigenvalue weighted by molar-refractivity contribution is 6.33. The van der Waals surface area contributed by atoms with Crippen molar-refractivity contribution < 1.29 is 5.11 Å². The number of anilines is 2. The lowest BCUT2D eigenvalue weighted by Gasteiger charge is -2.05. The fraction of sp³-hybridized carbons (Fsp3) is 0.250. The number of halogens is 1. The zero-order valence-corrected chi connectivity index (χ0v) is 7.30. The Hall–Kier alpha value is -0.930. The first kappa shape index (κ1) is 9.16. The molecule has 0 aliphatic rings. The molecule has 0 radical (unpaired) electrons. The summed E-state index contributed by atoms with van der Waals surface area (Å²) in [5, 5.41) is 12.1. The third kappa shape index (κ3) is 2.29. The van der Waals surface area contributed by atoms with E-state index in [-0.39, 0.29) is 6.61 Å². The summed E-state index contributed by atoms with van der Waals surface area (Å²) < 4.78 is 0. The van der Waals surface area contributed by atoms with Gasteiger partial charge in [-0.3, -0.25) is 0 Å². The van der Waals surface area contributed by atoms with Crippen molar-refractivity contribution in [3.8, 4) is 0 Å². The van der Waals surface area contributed by atoms with Crippen LogP contribution >= 0.6 is 11.6 Å². The maximum atomic E-state index is 8.53. The van der Waals surface area contributed by atoms with Crippen molar-refractivity contribution in [1.82, 2.24) is 0 Å². The van der Waals surface area contributed by atoms with Crippen LogP contribution in [0, 0.1) is 0 Å². The van der Waals surface area contributed by atoms with E-state index < -0.39 is 0 Å². The molecule has 1 aromatic rings. The van der Waals surface area contributed by atoms with Crippen molar-refractivity contribution in [3.05, 3.63) is 23.2 Å².